The molecule has 2 aromatic carbocycles. The number of nitrogens with one attached hydrogen (secondary N) is 3. The van der Waals surface area contributed by atoms with E-state index in [1.54, 1.807) is 18.3 Å². The van der Waals surface area contributed by atoms with Crippen molar-refractivity contribution in [1.29, 1.82) is 0 Å². The zero-order chi connectivity index (χ0) is 26.2. The molecule has 0 aliphatic rings. The number of hydrogen-bond acceptors (Lipinski definition) is 6. The Morgan fingerprint density at radius 2 is 1.58 bits per heavy atom. The second kappa shape index (κ2) is 11.8. The molecular formula is C25H29N5O6. The number of aromatic amines is 1. The lowest BCUT2D eigenvalue weighted by molar-refractivity contribution is -0.142. The molecule has 36 heavy (non-hydrogen) atoms. The number of phenols is 1. The predicted molar refractivity (Wildman–Crippen MR) is 132 cm³/mol. The number of carboxylic acid groups (broad SMARTS) is 1. The van der Waals surface area contributed by atoms with E-state index in [1.165, 1.54) is 12.1 Å². The largest absolute Gasteiger partial charge is 0.508 e. The first-order valence-electron chi connectivity index (χ1n) is 11.3. The van der Waals surface area contributed by atoms with Crippen LogP contribution in [0, 0.1) is 0 Å². The maximum absolute atomic E-state index is 13.0. The van der Waals surface area contributed by atoms with Gasteiger partial charge in [0.2, 0.25) is 17.7 Å². The zero-order valence-electron chi connectivity index (χ0n) is 19.4. The maximum atomic E-state index is 13.0. The highest BCUT2D eigenvalue weighted by Crippen LogP contribution is 2.19. The summed E-state index contributed by atoms with van der Waals surface area (Å²) in [6.07, 6.45) is 1.56. The average Bonchev–Trinajstić information content (AvgIpc) is 3.24. The first-order valence-corrected chi connectivity index (χ1v) is 11.3. The third-order valence-electron chi connectivity index (χ3n) is 5.75. The number of aromatic nitrogens is 1. The number of rotatable bonds is 12. The molecule has 0 radical (unpaired) electrons. The zero-order valence-corrected chi connectivity index (χ0v) is 19.4. The van der Waals surface area contributed by atoms with Crippen LogP contribution in [0.1, 0.15) is 24.0 Å². The van der Waals surface area contributed by atoms with Crippen molar-refractivity contribution in [3.63, 3.8) is 0 Å². The van der Waals surface area contributed by atoms with Gasteiger partial charge in [0.15, 0.2) is 0 Å². The van der Waals surface area contributed by atoms with E-state index in [2.05, 4.69) is 15.6 Å². The first-order chi connectivity index (χ1) is 17.1. The number of phenolic OH excluding ortho intramolecular Hbond substituents is 1. The van der Waals surface area contributed by atoms with Gasteiger partial charge in [-0.3, -0.25) is 14.4 Å². The van der Waals surface area contributed by atoms with E-state index < -0.39 is 41.8 Å². The van der Waals surface area contributed by atoms with Crippen molar-refractivity contribution in [2.24, 2.45) is 11.5 Å². The third-order valence-corrected chi connectivity index (χ3v) is 5.75. The maximum Gasteiger partial charge on any atom is 0.326 e. The SMILES string of the molecule is NC(=O)CC[C@H](NC(=O)[C@H](Cc1ccc(O)cc1)NC(=O)[C@@H](N)Cc1c[nH]c2ccccc12)C(=O)O. The minimum absolute atomic E-state index is 0.0137. The number of carbonyl (C=O) groups is 4. The van der Waals surface area contributed by atoms with Gasteiger partial charge >= 0.3 is 5.97 Å². The number of carbonyl (C=O) groups excluding carboxylic acids is 3. The van der Waals surface area contributed by atoms with E-state index >= 15 is 0 Å². The number of nitrogens with two attached hydrogens (primary N) is 2. The topological polar surface area (TPSA) is 201 Å². The predicted octanol–water partition coefficient (Wildman–Crippen LogP) is 0.306. The number of hydrogen-bond donors (Lipinski definition) is 7. The molecule has 3 aromatic rings. The molecular weight excluding hydrogens is 466 g/mol. The molecule has 0 bridgehead atoms. The molecule has 11 nitrogen and oxygen atoms in total. The summed E-state index contributed by atoms with van der Waals surface area (Å²) in [6.45, 7) is 0. The number of H-pyrrole nitrogens is 1. The van der Waals surface area contributed by atoms with Gasteiger partial charge in [0.1, 0.15) is 17.8 Å². The number of fused-ring (bicyclic) bond motifs is 1. The molecule has 190 valence electrons. The molecule has 0 saturated heterocycles. The van der Waals surface area contributed by atoms with E-state index in [4.69, 9.17) is 11.5 Å². The van der Waals surface area contributed by atoms with E-state index in [9.17, 15) is 29.4 Å². The van der Waals surface area contributed by atoms with Gasteiger partial charge in [0.25, 0.3) is 0 Å². The van der Waals surface area contributed by atoms with Crippen molar-refractivity contribution < 1.29 is 29.4 Å². The van der Waals surface area contributed by atoms with Crippen LogP contribution in [-0.2, 0) is 32.0 Å². The van der Waals surface area contributed by atoms with Gasteiger partial charge in [-0.25, -0.2) is 4.79 Å². The second-order valence-electron chi connectivity index (χ2n) is 8.51. The minimum Gasteiger partial charge on any atom is -0.508 e. The lowest BCUT2D eigenvalue weighted by atomic mass is 10.0. The summed E-state index contributed by atoms with van der Waals surface area (Å²) < 4.78 is 0. The molecule has 0 fully saturated rings. The number of para-hydroxylation sites is 1. The standard InChI is InChI=1S/C25H29N5O6/c26-18(12-15-13-28-19-4-2-1-3-17(15)19)23(33)30-21(11-14-5-7-16(31)8-6-14)24(34)29-20(25(35)36)9-10-22(27)32/h1-8,13,18,20-21,28,31H,9-12,26H2,(H2,27,32)(H,29,34)(H,30,33)(H,35,36)/t18-,20-,21-/m0/s1. The normalized spacial score (nSPS) is 13.5. The summed E-state index contributed by atoms with van der Waals surface area (Å²) in [7, 11) is 0. The molecule has 3 rings (SSSR count). The Balaban J connectivity index is 1.74. The molecule has 0 unspecified atom stereocenters. The van der Waals surface area contributed by atoms with Crippen LogP contribution >= 0.6 is 0 Å². The van der Waals surface area contributed by atoms with E-state index in [0.717, 1.165) is 16.5 Å². The van der Waals surface area contributed by atoms with Crippen LogP contribution < -0.4 is 22.1 Å². The summed E-state index contributed by atoms with van der Waals surface area (Å²) >= 11 is 0. The Morgan fingerprint density at radius 3 is 2.25 bits per heavy atom. The summed E-state index contributed by atoms with van der Waals surface area (Å²) in [4.78, 5) is 51.7. The molecule has 11 heteroatoms. The van der Waals surface area contributed by atoms with E-state index in [-0.39, 0.29) is 31.4 Å². The molecule has 3 atom stereocenters. The third kappa shape index (κ3) is 7.06. The molecule has 1 aromatic heterocycles. The van der Waals surface area contributed by atoms with Crippen LogP contribution in [0.15, 0.2) is 54.7 Å². The quantitative estimate of drug-likeness (QED) is 0.187. The Bertz CT molecular complexity index is 1240. The van der Waals surface area contributed by atoms with Crippen molar-refractivity contribution in [2.75, 3.05) is 0 Å². The van der Waals surface area contributed by atoms with Crippen LogP contribution in [0.4, 0.5) is 0 Å². The first kappa shape index (κ1) is 26.2. The molecule has 3 amide bonds. The van der Waals surface area contributed by atoms with Crippen LogP contribution in [0.5, 0.6) is 5.75 Å². The monoisotopic (exact) mass is 495 g/mol. The van der Waals surface area contributed by atoms with Gasteiger partial charge in [-0.05, 0) is 42.2 Å². The Kier molecular flexibility index (Phi) is 8.63. The minimum atomic E-state index is -1.37. The molecule has 0 saturated carbocycles. The van der Waals surface area contributed by atoms with Crippen LogP contribution in [-0.4, -0.2) is 57.0 Å². The van der Waals surface area contributed by atoms with Crippen molar-refractivity contribution in [1.82, 2.24) is 15.6 Å². The Hall–Kier alpha value is -4.38. The number of amides is 3. The highest BCUT2D eigenvalue weighted by atomic mass is 16.4. The summed E-state index contributed by atoms with van der Waals surface area (Å²) in [5.74, 6) is -3.36. The van der Waals surface area contributed by atoms with Crippen molar-refractivity contribution in [2.45, 2.75) is 43.8 Å². The molecule has 0 aliphatic carbocycles. The number of primary amides is 1. The molecule has 0 aliphatic heterocycles. The van der Waals surface area contributed by atoms with Crippen LogP contribution in [0.3, 0.4) is 0 Å². The van der Waals surface area contributed by atoms with E-state index in [1.807, 2.05) is 24.3 Å². The van der Waals surface area contributed by atoms with Crippen molar-refractivity contribution >= 4 is 34.6 Å². The van der Waals surface area contributed by atoms with Gasteiger partial charge in [0, 0.05) is 29.9 Å². The van der Waals surface area contributed by atoms with Gasteiger partial charge in [-0.2, -0.15) is 0 Å². The Labute approximate surface area is 206 Å². The lowest BCUT2D eigenvalue weighted by Crippen LogP contribution is -2.55. The highest BCUT2D eigenvalue weighted by Gasteiger charge is 2.28. The Morgan fingerprint density at radius 1 is 0.917 bits per heavy atom. The van der Waals surface area contributed by atoms with Gasteiger partial charge in [-0.15, -0.1) is 0 Å². The lowest BCUT2D eigenvalue weighted by Gasteiger charge is -2.23. The van der Waals surface area contributed by atoms with Gasteiger partial charge in [-0.1, -0.05) is 30.3 Å². The molecule has 0 spiro atoms. The summed E-state index contributed by atoms with van der Waals surface area (Å²) in [5, 5.41) is 24.9. The van der Waals surface area contributed by atoms with Gasteiger partial charge in [0.05, 0.1) is 6.04 Å². The number of aromatic hydroxyl groups is 1. The fourth-order valence-electron chi connectivity index (χ4n) is 3.80. The van der Waals surface area contributed by atoms with Gasteiger partial charge < -0.3 is 37.3 Å². The fraction of sp³-hybridized carbons (Fsp3) is 0.280. The van der Waals surface area contributed by atoms with Crippen molar-refractivity contribution in [3.05, 3.63) is 65.9 Å². The van der Waals surface area contributed by atoms with Crippen LogP contribution in [0.25, 0.3) is 10.9 Å². The van der Waals surface area contributed by atoms with Crippen molar-refractivity contribution in [3.8, 4) is 5.75 Å². The number of aliphatic carboxylic acids is 1. The smallest absolute Gasteiger partial charge is 0.326 e. The number of benzene rings is 2. The number of carboxylic acids is 1. The summed E-state index contributed by atoms with van der Waals surface area (Å²) in [6, 6.07) is 10.1. The average molecular weight is 496 g/mol. The summed E-state index contributed by atoms with van der Waals surface area (Å²) in [5.41, 5.74) is 13.6. The van der Waals surface area contributed by atoms with Crippen LogP contribution in [0.2, 0.25) is 0 Å². The fourth-order valence-corrected chi connectivity index (χ4v) is 3.80. The molecule has 1 heterocycles. The van der Waals surface area contributed by atoms with E-state index in [0.29, 0.717) is 5.56 Å². The second-order valence-corrected chi connectivity index (χ2v) is 8.51. The highest BCUT2D eigenvalue weighted by molar-refractivity contribution is 5.92. The molecule has 9 N–H and O–H groups in total.